The van der Waals surface area contributed by atoms with E-state index in [0.717, 1.165) is 10.2 Å². The molecule has 21 heavy (non-hydrogen) atoms. The summed E-state index contributed by atoms with van der Waals surface area (Å²) in [5.41, 5.74) is 7.63. The van der Waals surface area contributed by atoms with Gasteiger partial charge in [-0.15, -0.1) is 11.8 Å². The Balaban J connectivity index is 1.78. The van der Waals surface area contributed by atoms with E-state index in [-0.39, 0.29) is 6.04 Å². The van der Waals surface area contributed by atoms with Crippen LogP contribution in [0.15, 0.2) is 76.1 Å². The first kappa shape index (κ1) is 14.6. The van der Waals surface area contributed by atoms with Gasteiger partial charge in [0.25, 0.3) is 0 Å². The van der Waals surface area contributed by atoms with E-state index in [1.807, 2.05) is 0 Å². The molecule has 0 aromatic heterocycles. The maximum atomic E-state index is 6.41. The topological polar surface area (TPSA) is 26.0 Å². The highest BCUT2D eigenvalue weighted by Crippen LogP contribution is 2.28. The average molecular weight is 358 g/mol. The molecule has 0 radical (unpaired) electrons. The van der Waals surface area contributed by atoms with Crippen LogP contribution in [-0.4, -0.2) is 5.75 Å². The van der Waals surface area contributed by atoms with Gasteiger partial charge in [-0.25, -0.2) is 0 Å². The number of nitrogens with two attached hydrogens (primary N) is 1. The molecule has 3 aromatic carbocycles. The lowest BCUT2D eigenvalue weighted by Gasteiger charge is -2.14. The molecule has 1 nitrogen and oxygen atoms in total. The third-order valence-electron chi connectivity index (χ3n) is 3.47. The maximum absolute atomic E-state index is 6.41. The molecule has 0 saturated heterocycles. The zero-order valence-electron chi connectivity index (χ0n) is 11.5. The standard InChI is InChI=1S/C18H16BrNS/c19-14-8-10-15(11-9-14)21-12-18(20)17-7-3-5-13-4-1-2-6-16(13)17/h1-11,18H,12,20H2. The number of hydrogen-bond donors (Lipinski definition) is 1. The average Bonchev–Trinajstić information content (AvgIpc) is 2.53. The van der Waals surface area contributed by atoms with Gasteiger partial charge in [0, 0.05) is 21.2 Å². The molecule has 1 atom stereocenters. The summed E-state index contributed by atoms with van der Waals surface area (Å²) in [4.78, 5) is 1.24. The predicted octanol–water partition coefficient (Wildman–Crippen LogP) is 5.39. The van der Waals surface area contributed by atoms with Gasteiger partial charge in [-0.3, -0.25) is 0 Å². The normalized spacial score (nSPS) is 12.5. The summed E-state index contributed by atoms with van der Waals surface area (Å²) >= 11 is 5.25. The fourth-order valence-corrected chi connectivity index (χ4v) is 3.52. The van der Waals surface area contributed by atoms with Gasteiger partial charge in [-0.2, -0.15) is 0 Å². The van der Waals surface area contributed by atoms with Gasteiger partial charge in [0.1, 0.15) is 0 Å². The van der Waals surface area contributed by atoms with Crippen LogP contribution >= 0.6 is 27.7 Å². The SMILES string of the molecule is NC(CSc1ccc(Br)cc1)c1cccc2ccccc12. The molecule has 106 valence electrons. The van der Waals surface area contributed by atoms with Crippen LogP contribution in [0.2, 0.25) is 0 Å². The van der Waals surface area contributed by atoms with Crippen LogP contribution < -0.4 is 5.73 Å². The highest BCUT2D eigenvalue weighted by atomic mass is 79.9. The lowest BCUT2D eigenvalue weighted by molar-refractivity contribution is 0.840. The minimum Gasteiger partial charge on any atom is -0.323 e. The van der Waals surface area contributed by atoms with Gasteiger partial charge in [0.05, 0.1) is 0 Å². The molecule has 2 N–H and O–H groups in total. The minimum atomic E-state index is 0.0322. The molecule has 0 heterocycles. The second-order valence-electron chi connectivity index (χ2n) is 4.94. The van der Waals surface area contributed by atoms with E-state index in [2.05, 4.69) is 82.7 Å². The van der Waals surface area contributed by atoms with Crippen LogP contribution in [0.3, 0.4) is 0 Å². The number of thioether (sulfide) groups is 1. The van der Waals surface area contributed by atoms with E-state index in [1.165, 1.54) is 21.2 Å². The zero-order chi connectivity index (χ0) is 14.7. The van der Waals surface area contributed by atoms with Crippen molar-refractivity contribution in [2.75, 3.05) is 5.75 Å². The Morgan fingerprint density at radius 2 is 1.62 bits per heavy atom. The second kappa shape index (κ2) is 6.65. The van der Waals surface area contributed by atoms with Gasteiger partial charge < -0.3 is 5.73 Å². The third kappa shape index (κ3) is 3.49. The Kier molecular flexibility index (Phi) is 4.63. The Morgan fingerprint density at radius 1 is 0.905 bits per heavy atom. The maximum Gasteiger partial charge on any atom is 0.0396 e. The highest BCUT2D eigenvalue weighted by Gasteiger charge is 2.10. The third-order valence-corrected chi connectivity index (χ3v) is 5.13. The molecule has 1 unspecified atom stereocenters. The van der Waals surface area contributed by atoms with Gasteiger partial charge in [0.2, 0.25) is 0 Å². The summed E-state index contributed by atoms with van der Waals surface area (Å²) in [5.74, 6) is 0.871. The van der Waals surface area contributed by atoms with Crippen molar-refractivity contribution in [3.05, 3.63) is 76.8 Å². The van der Waals surface area contributed by atoms with Crippen molar-refractivity contribution in [3.8, 4) is 0 Å². The molecule has 0 amide bonds. The van der Waals surface area contributed by atoms with Crippen molar-refractivity contribution < 1.29 is 0 Å². The van der Waals surface area contributed by atoms with Crippen molar-refractivity contribution in [3.63, 3.8) is 0 Å². The quantitative estimate of drug-likeness (QED) is 0.633. The van der Waals surface area contributed by atoms with Gasteiger partial charge in [-0.1, -0.05) is 58.4 Å². The van der Waals surface area contributed by atoms with E-state index in [9.17, 15) is 0 Å². The molecule has 0 aliphatic carbocycles. The fourth-order valence-electron chi connectivity index (χ4n) is 2.38. The Hall–Kier alpha value is -1.29. The number of hydrogen-bond acceptors (Lipinski definition) is 2. The van der Waals surface area contributed by atoms with Crippen molar-refractivity contribution >= 4 is 38.5 Å². The monoisotopic (exact) mass is 357 g/mol. The van der Waals surface area contributed by atoms with Crippen LogP contribution in [0.1, 0.15) is 11.6 Å². The molecule has 3 aromatic rings. The summed E-state index contributed by atoms with van der Waals surface area (Å²) in [6.45, 7) is 0. The summed E-state index contributed by atoms with van der Waals surface area (Å²) in [6, 6.07) is 23.2. The van der Waals surface area contributed by atoms with Crippen LogP contribution in [0.4, 0.5) is 0 Å². The van der Waals surface area contributed by atoms with Crippen LogP contribution in [0.25, 0.3) is 10.8 Å². The van der Waals surface area contributed by atoms with E-state index < -0.39 is 0 Å². The van der Waals surface area contributed by atoms with E-state index in [4.69, 9.17) is 5.73 Å². The Morgan fingerprint density at radius 3 is 2.43 bits per heavy atom. The number of rotatable bonds is 4. The minimum absolute atomic E-state index is 0.0322. The molecular weight excluding hydrogens is 342 g/mol. The van der Waals surface area contributed by atoms with Gasteiger partial charge >= 0.3 is 0 Å². The van der Waals surface area contributed by atoms with Gasteiger partial charge in [0.15, 0.2) is 0 Å². The largest absolute Gasteiger partial charge is 0.323 e. The molecule has 0 saturated carbocycles. The summed E-state index contributed by atoms with van der Waals surface area (Å²) < 4.78 is 1.10. The van der Waals surface area contributed by atoms with E-state index in [0.29, 0.717) is 0 Å². The van der Waals surface area contributed by atoms with Crippen molar-refractivity contribution in [2.45, 2.75) is 10.9 Å². The molecule has 0 spiro atoms. The summed E-state index contributed by atoms with van der Waals surface area (Å²) in [5, 5.41) is 2.50. The summed E-state index contributed by atoms with van der Waals surface area (Å²) in [6.07, 6.45) is 0. The van der Waals surface area contributed by atoms with Crippen LogP contribution in [0.5, 0.6) is 0 Å². The Labute approximate surface area is 137 Å². The van der Waals surface area contributed by atoms with Crippen molar-refractivity contribution in [1.29, 1.82) is 0 Å². The fraction of sp³-hybridized carbons (Fsp3) is 0.111. The lowest BCUT2D eigenvalue weighted by atomic mass is 10.0. The van der Waals surface area contributed by atoms with Crippen molar-refractivity contribution in [2.24, 2.45) is 5.73 Å². The smallest absolute Gasteiger partial charge is 0.0396 e. The van der Waals surface area contributed by atoms with Gasteiger partial charge in [-0.05, 0) is 40.6 Å². The first-order chi connectivity index (χ1) is 10.2. The molecular formula is C18H16BrNS. The Bertz CT molecular complexity index is 734. The molecule has 0 aliphatic heterocycles. The molecule has 0 bridgehead atoms. The molecule has 0 fully saturated rings. The number of benzene rings is 3. The number of fused-ring (bicyclic) bond motifs is 1. The highest BCUT2D eigenvalue weighted by molar-refractivity contribution is 9.10. The molecule has 3 heteroatoms. The first-order valence-electron chi connectivity index (χ1n) is 6.85. The van der Waals surface area contributed by atoms with E-state index in [1.54, 1.807) is 11.8 Å². The lowest BCUT2D eigenvalue weighted by Crippen LogP contribution is -2.13. The number of halogens is 1. The summed E-state index contributed by atoms with van der Waals surface area (Å²) in [7, 11) is 0. The molecule has 3 rings (SSSR count). The zero-order valence-corrected chi connectivity index (χ0v) is 13.9. The van der Waals surface area contributed by atoms with E-state index >= 15 is 0 Å². The van der Waals surface area contributed by atoms with Crippen LogP contribution in [-0.2, 0) is 0 Å². The van der Waals surface area contributed by atoms with Crippen LogP contribution in [0, 0.1) is 0 Å². The predicted molar refractivity (Wildman–Crippen MR) is 95.7 cm³/mol. The molecule has 0 aliphatic rings. The first-order valence-corrected chi connectivity index (χ1v) is 8.63. The van der Waals surface area contributed by atoms with Crippen molar-refractivity contribution in [1.82, 2.24) is 0 Å². The second-order valence-corrected chi connectivity index (χ2v) is 6.95.